The van der Waals surface area contributed by atoms with Crippen molar-refractivity contribution in [3.63, 3.8) is 0 Å². The highest BCUT2D eigenvalue weighted by Gasteiger charge is 2.27. The molecule has 0 atom stereocenters. The van der Waals surface area contributed by atoms with Gasteiger partial charge in [0.05, 0.1) is 19.3 Å². The molecule has 4 aromatic rings. The van der Waals surface area contributed by atoms with E-state index in [4.69, 9.17) is 22.1 Å². The number of hydrogen-bond donors (Lipinski definition) is 0. The highest BCUT2D eigenvalue weighted by atomic mass is 32.1. The van der Waals surface area contributed by atoms with Gasteiger partial charge in [-0.05, 0) is 56.2 Å². The lowest BCUT2D eigenvalue weighted by molar-refractivity contribution is 0.0803. The fourth-order valence-electron chi connectivity index (χ4n) is 4.79. The topological polar surface area (TPSA) is 52.3 Å². The highest BCUT2D eigenvalue weighted by Crippen LogP contribution is 2.31. The molecule has 1 aliphatic heterocycles. The fourth-order valence-corrected chi connectivity index (χ4v) is 5.08. The molecule has 0 bridgehead atoms. The molecule has 3 aromatic carbocycles. The van der Waals surface area contributed by atoms with Gasteiger partial charge in [0.1, 0.15) is 5.75 Å². The SMILES string of the molecule is COc1ccccc1-c1nn(CN2CCC(C(=O)c3ccccc3)CC2)c(=S)n1-c1ccc(C)cc1. The van der Waals surface area contributed by atoms with Crippen LogP contribution in [0.3, 0.4) is 0 Å². The van der Waals surface area contributed by atoms with Crippen LogP contribution in [0.2, 0.25) is 0 Å². The molecule has 1 saturated heterocycles. The summed E-state index contributed by atoms with van der Waals surface area (Å²) >= 11 is 5.95. The number of para-hydroxylation sites is 1. The maximum atomic E-state index is 12.9. The van der Waals surface area contributed by atoms with Crippen LogP contribution in [0, 0.1) is 17.6 Å². The maximum absolute atomic E-state index is 12.9. The Kier molecular flexibility index (Phi) is 7.11. The van der Waals surface area contributed by atoms with Gasteiger partial charge in [-0.1, -0.05) is 60.2 Å². The minimum absolute atomic E-state index is 0.0610. The quantitative estimate of drug-likeness (QED) is 0.233. The molecule has 6 nitrogen and oxygen atoms in total. The lowest BCUT2D eigenvalue weighted by Crippen LogP contribution is -2.37. The van der Waals surface area contributed by atoms with Crippen molar-refractivity contribution in [1.29, 1.82) is 0 Å². The number of aromatic nitrogens is 3. The Hall–Kier alpha value is -3.55. The van der Waals surface area contributed by atoms with Gasteiger partial charge in [-0.2, -0.15) is 0 Å². The molecule has 0 saturated carbocycles. The molecule has 184 valence electrons. The molecule has 7 heteroatoms. The summed E-state index contributed by atoms with van der Waals surface area (Å²) in [5.74, 6) is 1.80. The first-order valence-corrected chi connectivity index (χ1v) is 12.7. The Morgan fingerprint density at radius 3 is 2.33 bits per heavy atom. The van der Waals surface area contributed by atoms with E-state index >= 15 is 0 Å². The Balaban J connectivity index is 1.41. The Morgan fingerprint density at radius 1 is 0.972 bits per heavy atom. The lowest BCUT2D eigenvalue weighted by atomic mass is 9.89. The Bertz CT molecular complexity index is 1400. The number of hydrogen-bond acceptors (Lipinski definition) is 5. The van der Waals surface area contributed by atoms with E-state index < -0.39 is 0 Å². The second-order valence-corrected chi connectivity index (χ2v) is 9.61. The van der Waals surface area contributed by atoms with Gasteiger partial charge in [0.25, 0.3) is 0 Å². The number of benzene rings is 3. The summed E-state index contributed by atoms with van der Waals surface area (Å²) in [7, 11) is 1.67. The molecule has 0 N–H and O–H groups in total. The van der Waals surface area contributed by atoms with Gasteiger partial charge in [0, 0.05) is 30.3 Å². The molecule has 0 unspecified atom stereocenters. The van der Waals surface area contributed by atoms with E-state index in [1.54, 1.807) is 7.11 Å². The number of piperidine rings is 1. The number of carbonyl (C=O) groups excluding carboxylic acids is 1. The van der Waals surface area contributed by atoms with E-state index in [9.17, 15) is 4.79 Å². The zero-order chi connectivity index (χ0) is 25.1. The maximum Gasteiger partial charge on any atom is 0.204 e. The summed E-state index contributed by atoms with van der Waals surface area (Å²) in [6, 6.07) is 25.8. The number of nitrogens with zero attached hydrogens (tertiary/aromatic N) is 4. The molecular formula is C29H30N4O2S. The van der Waals surface area contributed by atoms with Crippen molar-refractivity contribution in [2.24, 2.45) is 5.92 Å². The Labute approximate surface area is 216 Å². The van der Waals surface area contributed by atoms with Gasteiger partial charge in [-0.25, -0.2) is 4.68 Å². The number of ether oxygens (including phenoxy) is 1. The second-order valence-electron chi connectivity index (χ2n) is 9.24. The average molecular weight is 499 g/mol. The summed E-state index contributed by atoms with van der Waals surface area (Å²) < 4.78 is 10.2. The summed E-state index contributed by atoms with van der Waals surface area (Å²) in [6.45, 7) is 4.30. The summed E-state index contributed by atoms with van der Waals surface area (Å²) in [5.41, 5.74) is 3.84. The first kappa shape index (κ1) is 24.2. The molecule has 2 heterocycles. The normalized spacial score (nSPS) is 14.6. The van der Waals surface area contributed by atoms with E-state index in [1.807, 2.05) is 63.8 Å². The second kappa shape index (κ2) is 10.6. The van der Waals surface area contributed by atoms with Crippen LogP contribution >= 0.6 is 12.2 Å². The predicted molar refractivity (Wildman–Crippen MR) is 144 cm³/mol. The molecule has 1 aliphatic rings. The van der Waals surface area contributed by atoms with Crippen molar-refractivity contribution in [3.05, 3.63) is 94.8 Å². The summed E-state index contributed by atoms with van der Waals surface area (Å²) in [6.07, 6.45) is 1.66. The van der Waals surface area contributed by atoms with E-state index in [2.05, 4.69) is 36.1 Å². The zero-order valence-corrected chi connectivity index (χ0v) is 21.4. The lowest BCUT2D eigenvalue weighted by Gasteiger charge is -2.30. The van der Waals surface area contributed by atoms with Crippen LogP contribution in [0.25, 0.3) is 17.1 Å². The summed E-state index contributed by atoms with van der Waals surface area (Å²) in [4.78, 5) is 15.2. The van der Waals surface area contributed by atoms with Crippen molar-refractivity contribution >= 4 is 18.0 Å². The first-order valence-electron chi connectivity index (χ1n) is 12.3. The number of ketones is 1. The first-order chi connectivity index (χ1) is 17.5. The third kappa shape index (κ3) is 4.90. The Morgan fingerprint density at radius 2 is 1.64 bits per heavy atom. The number of aryl methyl sites for hydroxylation is 1. The van der Waals surface area contributed by atoms with Gasteiger partial charge in [-0.15, -0.1) is 5.10 Å². The molecular weight excluding hydrogens is 468 g/mol. The van der Waals surface area contributed by atoms with Gasteiger partial charge in [-0.3, -0.25) is 14.3 Å². The molecule has 5 rings (SSSR count). The van der Waals surface area contributed by atoms with Crippen LogP contribution in [0.15, 0.2) is 78.9 Å². The minimum Gasteiger partial charge on any atom is -0.496 e. The number of rotatable bonds is 7. The highest BCUT2D eigenvalue weighted by molar-refractivity contribution is 7.71. The van der Waals surface area contributed by atoms with Gasteiger partial charge in [0.2, 0.25) is 4.77 Å². The van der Waals surface area contributed by atoms with Crippen LogP contribution in [-0.4, -0.2) is 45.2 Å². The van der Waals surface area contributed by atoms with Crippen molar-refractivity contribution in [2.75, 3.05) is 20.2 Å². The van der Waals surface area contributed by atoms with Crippen molar-refractivity contribution < 1.29 is 9.53 Å². The molecule has 0 spiro atoms. The van der Waals surface area contributed by atoms with Gasteiger partial charge < -0.3 is 4.74 Å². The van der Waals surface area contributed by atoms with Crippen LogP contribution in [0.5, 0.6) is 5.75 Å². The molecule has 1 fully saturated rings. The van der Waals surface area contributed by atoms with E-state index in [-0.39, 0.29) is 11.7 Å². The number of methoxy groups -OCH3 is 1. The monoisotopic (exact) mass is 498 g/mol. The molecule has 0 amide bonds. The van der Waals surface area contributed by atoms with Crippen molar-refractivity contribution in [2.45, 2.75) is 26.4 Å². The third-order valence-corrected chi connectivity index (χ3v) is 7.22. The van der Waals surface area contributed by atoms with Crippen LogP contribution < -0.4 is 4.74 Å². The molecule has 0 aliphatic carbocycles. The third-order valence-electron chi connectivity index (χ3n) is 6.83. The molecule has 36 heavy (non-hydrogen) atoms. The van der Waals surface area contributed by atoms with Crippen LogP contribution in [0.4, 0.5) is 0 Å². The molecule has 0 radical (unpaired) electrons. The largest absolute Gasteiger partial charge is 0.496 e. The van der Waals surface area contributed by atoms with E-state index in [1.165, 1.54) is 5.56 Å². The number of likely N-dealkylation sites (tertiary alicyclic amines) is 1. The molecule has 1 aromatic heterocycles. The predicted octanol–water partition coefficient (Wildman–Crippen LogP) is 5.94. The van der Waals surface area contributed by atoms with Gasteiger partial charge in [0.15, 0.2) is 11.6 Å². The number of carbonyl (C=O) groups is 1. The minimum atomic E-state index is 0.0610. The van der Waals surface area contributed by atoms with Crippen molar-refractivity contribution in [1.82, 2.24) is 19.2 Å². The number of Topliss-reactive ketones (excluding diaryl/α,β-unsaturated/α-hetero) is 1. The average Bonchev–Trinajstić information content (AvgIpc) is 3.25. The van der Waals surface area contributed by atoms with E-state index in [0.717, 1.165) is 54.3 Å². The zero-order valence-electron chi connectivity index (χ0n) is 20.6. The standard InChI is InChI=1S/C29H30N4O2S/c1-21-12-14-24(15-13-21)33-28(25-10-6-7-11-26(25)35-2)30-32(29(33)36)20-31-18-16-23(17-19-31)27(34)22-8-4-3-5-9-22/h3-15,23H,16-20H2,1-2H3. The summed E-state index contributed by atoms with van der Waals surface area (Å²) in [5, 5.41) is 4.97. The fraction of sp³-hybridized carbons (Fsp3) is 0.276. The van der Waals surface area contributed by atoms with Gasteiger partial charge >= 0.3 is 0 Å². The van der Waals surface area contributed by atoms with E-state index in [0.29, 0.717) is 11.4 Å². The van der Waals surface area contributed by atoms with Crippen molar-refractivity contribution in [3.8, 4) is 22.8 Å². The van der Waals surface area contributed by atoms with Crippen LogP contribution in [-0.2, 0) is 6.67 Å². The van der Waals surface area contributed by atoms with Crippen LogP contribution in [0.1, 0.15) is 28.8 Å². The smallest absolute Gasteiger partial charge is 0.204 e.